The Morgan fingerprint density at radius 1 is 1.48 bits per heavy atom. The molecule has 0 aliphatic heterocycles. The van der Waals surface area contributed by atoms with Gasteiger partial charge in [-0.25, -0.2) is 0 Å². The van der Waals surface area contributed by atoms with Crippen LogP contribution in [0.1, 0.15) is 49.1 Å². The number of aryl methyl sites for hydroxylation is 1. The number of halogens is 2. The van der Waals surface area contributed by atoms with Gasteiger partial charge in [-0.1, -0.05) is 17.3 Å². The van der Waals surface area contributed by atoms with E-state index >= 15 is 0 Å². The highest BCUT2D eigenvalue weighted by atomic mass is 19.3. The van der Waals surface area contributed by atoms with Crippen molar-refractivity contribution in [2.24, 2.45) is 0 Å². The first-order chi connectivity index (χ1) is 10.0. The fourth-order valence-corrected chi connectivity index (χ4v) is 2.84. The highest BCUT2D eigenvalue weighted by Gasteiger charge is 2.25. The summed E-state index contributed by atoms with van der Waals surface area (Å²) < 4.78 is 29.4. The number of carbonyl (C=O) groups is 1. The number of aromatic nitrogens is 2. The molecule has 0 saturated heterocycles. The van der Waals surface area contributed by atoms with E-state index in [-0.39, 0.29) is 17.5 Å². The lowest BCUT2D eigenvalue weighted by atomic mass is 9.95. The van der Waals surface area contributed by atoms with E-state index in [0.29, 0.717) is 12.0 Å². The Labute approximate surface area is 120 Å². The number of rotatable bonds is 4. The molecule has 0 amide bonds. The Hall–Kier alpha value is -2.11. The molecule has 1 aromatic carbocycles. The number of ketones is 1. The summed E-state index contributed by atoms with van der Waals surface area (Å²) in [5.41, 5.74) is 2.95. The van der Waals surface area contributed by atoms with Crippen LogP contribution < -0.4 is 0 Å². The van der Waals surface area contributed by atoms with E-state index in [9.17, 15) is 13.6 Å². The van der Waals surface area contributed by atoms with Gasteiger partial charge in [0.05, 0.1) is 0 Å². The summed E-state index contributed by atoms with van der Waals surface area (Å²) in [6.07, 6.45) is -0.405. The van der Waals surface area contributed by atoms with Crippen molar-refractivity contribution >= 4 is 5.78 Å². The van der Waals surface area contributed by atoms with Gasteiger partial charge in [-0.2, -0.15) is 13.8 Å². The van der Waals surface area contributed by atoms with Gasteiger partial charge in [-0.3, -0.25) is 0 Å². The minimum Gasteiger partial charge on any atom is -0.333 e. The average Bonchev–Trinajstić information content (AvgIpc) is 3.05. The standard InChI is InChI=1S/C15H14F2N2O2/c1-8(20)6-9-2-3-10-7-11(4-5-12(9)10)14-18-15(13(16)17)21-19-14/h4-5,7,9,13H,2-3,6H2,1H3/t9-/m0/s1. The fourth-order valence-electron chi connectivity index (χ4n) is 2.84. The van der Waals surface area contributed by atoms with Gasteiger partial charge in [-0.15, -0.1) is 0 Å². The molecule has 0 bridgehead atoms. The lowest BCUT2D eigenvalue weighted by Gasteiger charge is -2.09. The molecule has 0 radical (unpaired) electrons. The van der Waals surface area contributed by atoms with E-state index in [1.165, 1.54) is 0 Å². The van der Waals surface area contributed by atoms with E-state index in [4.69, 9.17) is 0 Å². The highest BCUT2D eigenvalue weighted by Crippen LogP contribution is 2.37. The van der Waals surface area contributed by atoms with Crippen molar-refractivity contribution in [1.29, 1.82) is 0 Å². The van der Waals surface area contributed by atoms with Crippen LogP contribution in [-0.2, 0) is 11.2 Å². The van der Waals surface area contributed by atoms with Gasteiger partial charge in [0.25, 0.3) is 5.89 Å². The molecule has 0 saturated carbocycles. The second-order valence-corrected chi connectivity index (χ2v) is 5.31. The third-order valence-electron chi connectivity index (χ3n) is 3.77. The molecule has 1 aliphatic carbocycles. The number of benzene rings is 1. The van der Waals surface area contributed by atoms with Crippen LogP contribution >= 0.6 is 0 Å². The number of fused-ring (bicyclic) bond motifs is 1. The number of nitrogens with zero attached hydrogens (tertiary/aromatic N) is 2. The molecule has 1 aromatic heterocycles. The van der Waals surface area contributed by atoms with Crippen molar-refractivity contribution in [2.75, 3.05) is 0 Å². The minimum atomic E-state index is -2.76. The minimum absolute atomic E-state index is 0.170. The zero-order chi connectivity index (χ0) is 15.0. The zero-order valence-electron chi connectivity index (χ0n) is 11.5. The van der Waals surface area contributed by atoms with Crippen LogP contribution in [0.2, 0.25) is 0 Å². The molecule has 4 nitrogen and oxygen atoms in total. The van der Waals surface area contributed by atoms with Crippen molar-refractivity contribution in [3.8, 4) is 11.4 Å². The largest absolute Gasteiger partial charge is 0.333 e. The number of hydrogen-bond acceptors (Lipinski definition) is 4. The Morgan fingerprint density at radius 3 is 2.95 bits per heavy atom. The molecule has 1 atom stereocenters. The molecule has 2 aromatic rings. The number of alkyl halides is 2. The summed E-state index contributed by atoms with van der Waals surface area (Å²) in [4.78, 5) is 15.0. The molecular formula is C15H14F2N2O2. The van der Waals surface area contributed by atoms with Crippen LogP contribution in [0.5, 0.6) is 0 Å². The molecule has 0 N–H and O–H groups in total. The fraction of sp³-hybridized carbons (Fsp3) is 0.400. The Kier molecular flexibility index (Phi) is 3.53. The first-order valence-corrected chi connectivity index (χ1v) is 6.79. The summed E-state index contributed by atoms with van der Waals surface area (Å²) in [6.45, 7) is 1.59. The predicted molar refractivity (Wildman–Crippen MR) is 71.1 cm³/mol. The zero-order valence-corrected chi connectivity index (χ0v) is 11.5. The summed E-state index contributed by atoms with van der Waals surface area (Å²) in [6, 6.07) is 5.62. The molecule has 6 heteroatoms. The normalized spacial score (nSPS) is 17.2. The van der Waals surface area contributed by atoms with Crippen LogP contribution in [-0.4, -0.2) is 15.9 Å². The molecule has 3 rings (SSSR count). The smallest absolute Gasteiger partial charge is 0.315 e. The molecular weight excluding hydrogens is 278 g/mol. The van der Waals surface area contributed by atoms with Gasteiger partial charge in [0.15, 0.2) is 0 Å². The van der Waals surface area contributed by atoms with Gasteiger partial charge >= 0.3 is 6.43 Å². The molecule has 0 fully saturated rings. The Balaban J connectivity index is 1.88. The van der Waals surface area contributed by atoms with E-state index < -0.39 is 12.3 Å². The van der Waals surface area contributed by atoms with Crippen LogP contribution in [0.15, 0.2) is 22.7 Å². The third kappa shape index (κ3) is 2.70. The van der Waals surface area contributed by atoms with Crippen molar-refractivity contribution in [3.05, 3.63) is 35.2 Å². The maximum Gasteiger partial charge on any atom is 0.315 e. The van der Waals surface area contributed by atoms with Gasteiger partial charge in [0.2, 0.25) is 5.82 Å². The van der Waals surface area contributed by atoms with Crippen molar-refractivity contribution in [2.45, 2.75) is 38.5 Å². The Morgan fingerprint density at radius 2 is 2.29 bits per heavy atom. The lowest BCUT2D eigenvalue weighted by molar-refractivity contribution is -0.117. The van der Waals surface area contributed by atoms with Crippen LogP contribution in [0.4, 0.5) is 8.78 Å². The highest BCUT2D eigenvalue weighted by molar-refractivity contribution is 5.76. The van der Waals surface area contributed by atoms with Crippen LogP contribution in [0.25, 0.3) is 11.4 Å². The van der Waals surface area contributed by atoms with Crippen LogP contribution in [0.3, 0.4) is 0 Å². The number of carbonyl (C=O) groups excluding carboxylic acids is 1. The monoisotopic (exact) mass is 292 g/mol. The van der Waals surface area contributed by atoms with Crippen molar-refractivity contribution < 1.29 is 18.1 Å². The maximum absolute atomic E-state index is 12.5. The SMILES string of the molecule is CC(=O)C[C@@H]1CCc2cc(-c3noc(C(F)F)n3)ccc21. The second-order valence-electron chi connectivity index (χ2n) is 5.31. The summed E-state index contributed by atoms with van der Waals surface area (Å²) in [5.74, 6) is -0.0619. The molecule has 21 heavy (non-hydrogen) atoms. The second kappa shape index (κ2) is 5.35. The van der Waals surface area contributed by atoms with Crippen LogP contribution in [0, 0.1) is 0 Å². The first kappa shape index (κ1) is 13.9. The van der Waals surface area contributed by atoms with Gasteiger partial charge in [0, 0.05) is 12.0 Å². The summed E-state index contributed by atoms with van der Waals surface area (Å²) in [7, 11) is 0. The first-order valence-electron chi connectivity index (χ1n) is 6.79. The van der Waals surface area contributed by atoms with Gasteiger partial charge < -0.3 is 9.32 Å². The molecule has 0 spiro atoms. The van der Waals surface area contributed by atoms with E-state index in [0.717, 1.165) is 24.0 Å². The molecule has 1 aliphatic rings. The quantitative estimate of drug-likeness (QED) is 0.862. The average molecular weight is 292 g/mol. The van der Waals surface area contributed by atoms with Crippen molar-refractivity contribution in [3.63, 3.8) is 0 Å². The summed E-state index contributed by atoms with van der Waals surface area (Å²) in [5, 5.41) is 3.58. The van der Waals surface area contributed by atoms with Crippen molar-refractivity contribution in [1.82, 2.24) is 10.1 Å². The summed E-state index contributed by atoms with van der Waals surface area (Å²) >= 11 is 0. The predicted octanol–water partition coefficient (Wildman–Crippen LogP) is 3.68. The molecule has 1 heterocycles. The number of hydrogen-bond donors (Lipinski definition) is 0. The Bertz CT molecular complexity index is 682. The maximum atomic E-state index is 12.5. The van der Waals surface area contributed by atoms with E-state index in [2.05, 4.69) is 14.7 Å². The van der Waals surface area contributed by atoms with E-state index in [1.54, 1.807) is 13.0 Å². The lowest BCUT2D eigenvalue weighted by Crippen LogP contribution is -2.00. The molecule has 0 unspecified atom stereocenters. The van der Waals surface area contributed by atoms with Gasteiger partial charge in [0.1, 0.15) is 5.78 Å². The van der Waals surface area contributed by atoms with Gasteiger partial charge in [-0.05, 0) is 42.9 Å². The van der Waals surface area contributed by atoms with E-state index in [1.807, 2.05) is 12.1 Å². The molecule has 110 valence electrons. The third-order valence-corrected chi connectivity index (χ3v) is 3.77. The topological polar surface area (TPSA) is 56.0 Å². The number of Topliss-reactive ketones (excluding diaryl/α,β-unsaturated/α-hetero) is 1.